The number of carbonyl (C=O) groups excluding carboxylic acids is 1. The maximum Gasteiger partial charge on any atom is 0.508 e. The summed E-state index contributed by atoms with van der Waals surface area (Å²) in [7, 11) is 0. The van der Waals surface area contributed by atoms with Gasteiger partial charge in [0.1, 0.15) is 24.1 Å². The summed E-state index contributed by atoms with van der Waals surface area (Å²) < 4.78 is 17.3. The predicted molar refractivity (Wildman–Crippen MR) is 102 cm³/mol. The number of aromatic nitrogens is 3. The number of carbonyl (C=O) groups is 1. The molecular weight excluding hydrogens is 394 g/mol. The van der Waals surface area contributed by atoms with Gasteiger partial charge in [-0.15, -0.1) is 0 Å². The van der Waals surface area contributed by atoms with Crippen molar-refractivity contribution in [3.8, 4) is 0 Å². The minimum Gasteiger partial charge on any atom is -0.434 e. The maximum atomic E-state index is 11.9. The normalized spacial score (nSPS) is 29.2. The molecule has 0 bridgehead atoms. The monoisotopic (exact) mass is 417 g/mol. The molecule has 0 aromatic carbocycles. The Morgan fingerprint density at radius 3 is 2.87 bits per heavy atom. The number of hydrogen-bond acceptors (Lipinski definition) is 9. The minimum atomic E-state index is -1.97. The lowest BCUT2D eigenvalue weighted by Gasteiger charge is -2.19. The Hall–Kier alpha value is -2.94. The van der Waals surface area contributed by atoms with Gasteiger partial charge in [-0.1, -0.05) is 12.8 Å². The second kappa shape index (κ2) is 8.06. The van der Waals surface area contributed by atoms with Gasteiger partial charge in [0.2, 0.25) is 6.61 Å². The molecule has 0 radical (unpaired) electrons. The van der Waals surface area contributed by atoms with Gasteiger partial charge in [0.25, 0.3) is 0 Å². The molecular formula is C19H23N5O6. The van der Waals surface area contributed by atoms with Crippen molar-refractivity contribution in [1.82, 2.24) is 14.6 Å². The molecule has 2 fully saturated rings. The number of rotatable bonds is 5. The number of ether oxygens (including phenoxy) is 3. The molecule has 1 aliphatic heterocycles. The van der Waals surface area contributed by atoms with Gasteiger partial charge in [0, 0.05) is 0 Å². The van der Waals surface area contributed by atoms with Crippen LogP contribution in [0, 0.1) is 12.5 Å². The van der Waals surface area contributed by atoms with E-state index in [4.69, 9.17) is 26.5 Å². The summed E-state index contributed by atoms with van der Waals surface area (Å²) in [4.78, 5) is 19.2. The lowest BCUT2D eigenvalue weighted by atomic mass is 10.0. The van der Waals surface area contributed by atoms with Gasteiger partial charge in [0.05, 0.1) is 12.3 Å². The van der Waals surface area contributed by atoms with Crippen LogP contribution in [0.15, 0.2) is 18.5 Å². The lowest BCUT2D eigenvalue weighted by molar-refractivity contribution is -0.0928. The fourth-order valence-electron chi connectivity index (χ4n) is 4.03. The van der Waals surface area contributed by atoms with E-state index in [1.807, 2.05) is 0 Å². The molecule has 2 aliphatic rings. The van der Waals surface area contributed by atoms with Crippen molar-refractivity contribution in [2.24, 2.45) is 5.92 Å². The van der Waals surface area contributed by atoms with Crippen LogP contribution >= 0.6 is 0 Å². The van der Waals surface area contributed by atoms with Crippen LogP contribution in [0.2, 0.25) is 0 Å². The molecule has 1 saturated carbocycles. The Morgan fingerprint density at radius 1 is 1.37 bits per heavy atom. The van der Waals surface area contributed by atoms with Gasteiger partial charge in [-0.3, -0.25) is 9.58 Å². The summed E-state index contributed by atoms with van der Waals surface area (Å²) in [6.07, 6.45) is 0.399. The number of nitrogen functional groups attached to an aromatic ring is 1. The average Bonchev–Trinajstić information content (AvgIpc) is 3.47. The highest BCUT2D eigenvalue weighted by Crippen LogP contribution is 2.42. The zero-order chi connectivity index (χ0) is 21.3. The molecule has 1 aliphatic carbocycles. The number of nitrogens with two attached hydrogens (primary N) is 1. The number of aliphatic hydroxyl groups excluding tert-OH is 2. The Morgan fingerprint density at radius 2 is 2.13 bits per heavy atom. The Bertz CT molecular complexity index is 968. The second-order valence-corrected chi connectivity index (χ2v) is 7.63. The Labute approximate surface area is 172 Å². The van der Waals surface area contributed by atoms with Crippen LogP contribution in [-0.4, -0.2) is 62.1 Å². The minimum absolute atomic E-state index is 0.231. The molecule has 4 N–H and O–H groups in total. The van der Waals surface area contributed by atoms with Crippen molar-refractivity contribution in [2.75, 3.05) is 18.9 Å². The van der Waals surface area contributed by atoms with E-state index in [2.05, 4.69) is 14.9 Å². The third-order valence-electron chi connectivity index (χ3n) is 5.73. The Kier molecular flexibility index (Phi) is 5.46. The SMILES string of the molecule is [C-]#[N+][C@]1(COC(=O)OCC2CCCC2)O[C@@H](c2ccc3c(N)ncnn23)[C@H](O)[C@@H]1O. The van der Waals surface area contributed by atoms with E-state index in [1.165, 1.54) is 10.8 Å². The van der Waals surface area contributed by atoms with E-state index in [0.717, 1.165) is 25.7 Å². The first kappa shape index (κ1) is 20.3. The van der Waals surface area contributed by atoms with Gasteiger partial charge in [0.15, 0.2) is 11.9 Å². The first-order valence-corrected chi connectivity index (χ1v) is 9.75. The molecule has 2 aromatic rings. The summed E-state index contributed by atoms with van der Waals surface area (Å²) in [6, 6.07) is 3.25. The summed E-state index contributed by atoms with van der Waals surface area (Å²) in [6.45, 7) is 7.18. The molecule has 11 nitrogen and oxygen atoms in total. The molecule has 160 valence electrons. The average molecular weight is 417 g/mol. The summed E-state index contributed by atoms with van der Waals surface area (Å²) in [5, 5.41) is 25.2. The van der Waals surface area contributed by atoms with E-state index < -0.39 is 36.8 Å². The van der Waals surface area contributed by atoms with Crippen molar-refractivity contribution >= 4 is 17.5 Å². The largest absolute Gasteiger partial charge is 0.508 e. The maximum absolute atomic E-state index is 11.9. The number of anilines is 1. The fourth-order valence-corrected chi connectivity index (χ4v) is 4.03. The summed E-state index contributed by atoms with van der Waals surface area (Å²) in [5.41, 5.74) is 4.71. The van der Waals surface area contributed by atoms with Crippen molar-refractivity contribution < 1.29 is 29.2 Å². The molecule has 0 unspecified atom stereocenters. The van der Waals surface area contributed by atoms with E-state index >= 15 is 0 Å². The number of nitrogens with zero attached hydrogens (tertiary/aromatic N) is 4. The van der Waals surface area contributed by atoms with Crippen LogP contribution in [0.3, 0.4) is 0 Å². The molecule has 2 aromatic heterocycles. The molecule has 11 heteroatoms. The summed E-state index contributed by atoms with van der Waals surface area (Å²) >= 11 is 0. The van der Waals surface area contributed by atoms with Crippen LogP contribution in [0.4, 0.5) is 10.6 Å². The molecule has 4 atom stereocenters. The van der Waals surface area contributed by atoms with Gasteiger partial charge < -0.3 is 25.4 Å². The van der Waals surface area contributed by atoms with Crippen LogP contribution in [-0.2, 0) is 14.2 Å². The van der Waals surface area contributed by atoms with E-state index in [1.54, 1.807) is 12.1 Å². The number of fused-ring (bicyclic) bond motifs is 1. The Balaban J connectivity index is 1.46. The molecule has 1 saturated heterocycles. The standard InChI is InChI=1S/C19H23N5O6/c1-21-19(9-29-18(27)28-8-11-4-2-3-5-11)16(26)14(25)15(30-19)12-6-7-13-17(20)22-10-23-24(12)13/h6-7,10-11,14-16,25-26H,2-5,8-9H2,(H2,20,22,23)/t14-,15-,16-,19+/m0/s1. The highest BCUT2D eigenvalue weighted by molar-refractivity contribution is 5.65. The van der Waals surface area contributed by atoms with Crippen LogP contribution in [0.25, 0.3) is 10.4 Å². The van der Waals surface area contributed by atoms with Crippen molar-refractivity contribution in [3.63, 3.8) is 0 Å². The third-order valence-corrected chi connectivity index (χ3v) is 5.73. The zero-order valence-corrected chi connectivity index (χ0v) is 16.2. The van der Waals surface area contributed by atoms with Crippen molar-refractivity contribution in [1.29, 1.82) is 0 Å². The fraction of sp³-hybridized carbons (Fsp3) is 0.579. The van der Waals surface area contributed by atoms with Crippen molar-refractivity contribution in [3.05, 3.63) is 35.6 Å². The van der Waals surface area contributed by atoms with Gasteiger partial charge in [-0.2, -0.15) is 5.10 Å². The second-order valence-electron chi connectivity index (χ2n) is 7.63. The number of hydrogen-bond donors (Lipinski definition) is 3. The van der Waals surface area contributed by atoms with Crippen LogP contribution < -0.4 is 5.73 Å². The topological polar surface area (TPSA) is 146 Å². The van der Waals surface area contributed by atoms with E-state index in [-0.39, 0.29) is 12.4 Å². The van der Waals surface area contributed by atoms with Gasteiger partial charge in [-0.25, -0.2) is 20.9 Å². The molecule has 0 amide bonds. The lowest BCUT2D eigenvalue weighted by Crippen LogP contribution is -2.44. The predicted octanol–water partition coefficient (Wildman–Crippen LogP) is 1.06. The van der Waals surface area contributed by atoms with E-state index in [9.17, 15) is 15.0 Å². The molecule has 3 heterocycles. The first-order chi connectivity index (χ1) is 14.4. The molecule has 4 rings (SSSR count). The van der Waals surface area contributed by atoms with Crippen molar-refractivity contribution in [2.45, 2.75) is 49.7 Å². The summed E-state index contributed by atoms with van der Waals surface area (Å²) in [5.74, 6) is 0.554. The van der Waals surface area contributed by atoms with E-state index in [0.29, 0.717) is 17.1 Å². The van der Waals surface area contributed by atoms with Gasteiger partial charge in [-0.05, 0) is 30.9 Å². The van der Waals surface area contributed by atoms with Crippen LogP contribution in [0.1, 0.15) is 37.5 Å². The smallest absolute Gasteiger partial charge is 0.434 e. The first-order valence-electron chi connectivity index (χ1n) is 9.75. The van der Waals surface area contributed by atoms with Crippen LogP contribution in [0.5, 0.6) is 0 Å². The zero-order valence-electron chi connectivity index (χ0n) is 16.2. The highest BCUT2D eigenvalue weighted by atomic mass is 16.7. The molecule has 0 spiro atoms. The number of aliphatic hydroxyl groups is 2. The quantitative estimate of drug-likeness (QED) is 0.480. The third kappa shape index (κ3) is 3.54. The molecule has 30 heavy (non-hydrogen) atoms. The highest BCUT2D eigenvalue weighted by Gasteiger charge is 2.62. The van der Waals surface area contributed by atoms with Gasteiger partial charge >= 0.3 is 11.9 Å².